The Morgan fingerprint density at radius 2 is 1.93 bits per heavy atom. The molecular formula is C11H20N2O2. The van der Waals surface area contributed by atoms with Gasteiger partial charge in [0.25, 0.3) is 0 Å². The van der Waals surface area contributed by atoms with Crippen LogP contribution in [0.4, 0.5) is 0 Å². The summed E-state index contributed by atoms with van der Waals surface area (Å²) in [6.45, 7) is 4.47. The smallest absolute Gasteiger partial charge is 0.248 e. The number of carbonyl (C=O) groups is 1. The number of hydrogen-bond donors (Lipinski definition) is 0. The molecule has 0 aromatic carbocycles. The molecule has 0 aliphatic carbocycles. The Hall–Kier alpha value is -0.610. The molecule has 1 amide bonds. The van der Waals surface area contributed by atoms with Gasteiger partial charge in [0, 0.05) is 33.3 Å². The molecule has 2 aliphatic rings. The van der Waals surface area contributed by atoms with E-state index in [1.165, 1.54) is 13.1 Å². The Kier molecular flexibility index (Phi) is 2.98. The van der Waals surface area contributed by atoms with Crippen LogP contribution in [0.1, 0.15) is 12.8 Å². The fraction of sp³-hybridized carbons (Fsp3) is 0.909. The van der Waals surface area contributed by atoms with E-state index in [0.29, 0.717) is 5.41 Å². The van der Waals surface area contributed by atoms with Crippen LogP contribution in [-0.4, -0.2) is 62.7 Å². The van der Waals surface area contributed by atoms with Crippen molar-refractivity contribution in [3.8, 4) is 0 Å². The molecule has 0 aromatic rings. The quantitative estimate of drug-likeness (QED) is 0.655. The molecule has 2 aliphatic heterocycles. The van der Waals surface area contributed by atoms with Gasteiger partial charge in [0.1, 0.15) is 6.61 Å². The number of amides is 1. The minimum Gasteiger partial charge on any atom is -0.375 e. The second-order valence-corrected chi connectivity index (χ2v) is 4.99. The summed E-state index contributed by atoms with van der Waals surface area (Å²) in [6, 6.07) is 0. The van der Waals surface area contributed by atoms with E-state index in [1.54, 1.807) is 7.11 Å². The largest absolute Gasteiger partial charge is 0.375 e. The lowest BCUT2D eigenvalue weighted by Gasteiger charge is -2.52. The Morgan fingerprint density at radius 3 is 2.40 bits per heavy atom. The molecule has 0 aromatic heterocycles. The van der Waals surface area contributed by atoms with Crippen LogP contribution in [0.2, 0.25) is 0 Å². The minimum atomic E-state index is 0.139. The van der Waals surface area contributed by atoms with E-state index in [0.717, 1.165) is 25.9 Å². The van der Waals surface area contributed by atoms with Gasteiger partial charge in [-0.05, 0) is 25.3 Å². The van der Waals surface area contributed by atoms with E-state index in [2.05, 4.69) is 11.9 Å². The Morgan fingerprint density at radius 1 is 1.33 bits per heavy atom. The van der Waals surface area contributed by atoms with Crippen LogP contribution in [0.3, 0.4) is 0 Å². The molecule has 4 nitrogen and oxygen atoms in total. The fourth-order valence-electron chi connectivity index (χ4n) is 2.86. The summed E-state index contributed by atoms with van der Waals surface area (Å²) >= 11 is 0. The van der Waals surface area contributed by atoms with Crippen molar-refractivity contribution in [1.29, 1.82) is 0 Å². The maximum absolute atomic E-state index is 11.6. The van der Waals surface area contributed by atoms with Gasteiger partial charge in [0.15, 0.2) is 0 Å². The topological polar surface area (TPSA) is 32.8 Å². The molecule has 15 heavy (non-hydrogen) atoms. The number of likely N-dealkylation sites (tertiary alicyclic amines) is 2. The van der Waals surface area contributed by atoms with Crippen LogP contribution >= 0.6 is 0 Å². The van der Waals surface area contributed by atoms with Gasteiger partial charge < -0.3 is 14.5 Å². The molecule has 2 saturated heterocycles. The number of nitrogens with zero attached hydrogens (tertiary/aromatic N) is 2. The molecule has 1 spiro atoms. The van der Waals surface area contributed by atoms with Crippen LogP contribution < -0.4 is 0 Å². The van der Waals surface area contributed by atoms with E-state index in [1.807, 2.05) is 4.90 Å². The van der Waals surface area contributed by atoms with E-state index in [4.69, 9.17) is 4.74 Å². The van der Waals surface area contributed by atoms with Crippen molar-refractivity contribution in [2.24, 2.45) is 5.41 Å². The monoisotopic (exact) mass is 212 g/mol. The van der Waals surface area contributed by atoms with Crippen molar-refractivity contribution in [2.45, 2.75) is 12.8 Å². The third-order valence-corrected chi connectivity index (χ3v) is 3.66. The van der Waals surface area contributed by atoms with Gasteiger partial charge in [-0.1, -0.05) is 0 Å². The summed E-state index contributed by atoms with van der Waals surface area (Å²) in [5.41, 5.74) is 0.526. The molecular weight excluding hydrogens is 192 g/mol. The number of ether oxygens (including phenoxy) is 1. The predicted molar refractivity (Wildman–Crippen MR) is 57.6 cm³/mol. The van der Waals surface area contributed by atoms with Crippen LogP contribution in [0.15, 0.2) is 0 Å². The highest BCUT2D eigenvalue weighted by atomic mass is 16.5. The maximum Gasteiger partial charge on any atom is 0.248 e. The van der Waals surface area contributed by atoms with Gasteiger partial charge in [-0.3, -0.25) is 4.79 Å². The molecule has 2 heterocycles. The molecule has 2 rings (SSSR count). The normalized spacial score (nSPS) is 25.3. The SMILES string of the molecule is COCC(=O)N1CCC2(CC1)CN(C)C2. The average molecular weight is 212 g/mol. The van der Waals surface area contributed by atoms with E-state index < -0.39 is 0 Å². The zero-order valence-corrected chi connectivity index (χ0v) is 9.66. The van der Waals surface area contributed by atoms with Gasteiger partial charge in [0.2, 0.25) is 5.91 Å². The molecule has 0 unspecified atom stereocenters. The summed E-state index contributed by atoms with van der Waals surface area (Å²) in [7, 11) is 3.73. The number of piperidine rings is 1. The second kappa shape index (κ2) is 4.10. The molecule has 2 fully saturated rings. The third-order valence-electron chi connectivity index (χ3n) is 3.66. The number of hydrogen-bond acceptors (Lipinski definition) is 3. The molecule has 0 saturated carbocycles. The molecule has 0 bridgehead atoms. The first kappa shape index (κ1) is 10.9. The average Bonchev–Trinajstić information content (AvgIpc) is 2.17. The van der Waals surface area contributed by atoms with Crippen molar-refractivity contribution in [2.75, 3.05) is 46.9 Å². The van der Waals surface area contributed by atoms with Gasteiger partial charge in [0.05, 0.1) is 0 Å². The molecule has 0 atom stereocenters. The summed E-state index contributed by atoms with van der Waals surface area (Å²) in [6.07, 6.45) is 2.32. The Labute approximate surface area is 91.2 Å². The lowest BCUT2D eigenvalue weighted by Crippen LogP contribution is -2.59. The van der Waals surface area contributed by atoms with Crippen molar-refractivity contribution in [3.05, 3.63) is 0 Å². The van der Waals surface area contributed by atoms with Crippen LogP contribution in [-0.2, 0) is 9.53 Å². The summed E-state index contributed by atoms with van der Waals surface area (Å²) in [5.74, 6) is 0.139. The standard InChI is InChI=1S/C11H20N2O2/c1-12-8-11(9-12)3-5-13(6-4-11)10(14)7-15-2/h3-9H2,1-2H3. The lowest BCUT2D eigenvalue weighted by atomic mass is 9.72. The first-order valence-corrected chi connectivity index (χ1v) is 5.60. The predicted octanol–water partition coefficient (Wildman–Crippen LogP) is 0.187. The van der Waals surface area contributed by atoms with Gasteiger partial charge in [-0.15, -0.1) is 0 Å². The number of methoxy groups -OCH3 is 1. The molecule has 0 N–H and O–H groups in total. The van der Waals surface area contributed by atoms with E-state index in [9.17, 15) is 4.79 Å². The van der Waals surface area contributed by atoms with E-state index in [-0.39, 0.29) is 12.5 Å². The molecule has 86 valence electrons. The van der Waals surface area contributed by atoms with Crippen molar-refractivity contribution < 1.29 is 9.53 Å². The van der Waals surface area contributed by atoms with Crippen molar-refractivity contribution >= 4 is 5.91 Å². The number of rotatable bonds is 2. The molecule has 4 heteroatoms. The second-order valence-electron chi connectivity index (χ2n) is 4.99. The van der Waals surface area contributed by atoms with Gasteiger partial charge in [-0.2, -0.15) is 0 Å². The zero-order chi connectivity index (χ0) is 10.9. The number of carbonyl (C=O) groups excluding carboxylic acids is 1. The highest BCUT2D eigenvalue weighted by Crippen LogP contribution is 2.39. The van der Waals surface area contributed by atoms with Crippen molar-refractivity contribution in [3.63, 3.8) is 0 Å². The van der Waals surface area contributed by atoms with E-state index >= 15 is 0 Å². The summed E-state index contributed by atoms with van der Waals surface area (Å²) < 4.78 is 4.87. The fourth-order valence-corrected chi connectivity index (χ4v) is 2.86. The van der Waals surface area contributed by atoms with Gasteiger partial charge in [-0.25, -0.2) is 0 Å². The van der Waals surface area contributed by atoms with Crippen LogP contribution in [0, 0.1) is 5.41 Å². The van der Waals surface area contributed by atoms with Crippen LogP contribution in [0.25, 0.3) is 0 Å². The first-order chi connectivity index (χ1) is 7.15. The Balaban J connectivity index is 1.79. The van der Waals surface area contributed by atoms with Crippen molar-refractivity contribution in [1.82, 2.24) is 9.80 Å². The lowest BCUT2D eigenvalue weighted by molar-refractivity contribution is -0.139. The molecule has 0 radical (unpaired) electrons. The third kappa shape index (κ3) is 2.16. The highest BCUT2D eigenvalue weighted by Gasteiger charge is 2.43. The van der Waals surface area contributed by atoms with Gasteiger partial charge >= 0.3 is 0 Å². The summed E-state index contributed by atoms with van der Waals surface area (Å²) in [5, 5.41) is 0. The maximum atomic E-state index is 11.6. The Bertz CT molecular complexity index is 239. The zero-order valence-electron chi connectivity index (χ0n) is 9.66. The highest BCUT2D eigenvalue weighted by molar-refractivity contribution is 5.77. The summed E-state index contributed by atoms with van der Waals surface area (Å²) in [4.78, 5) is 15.9. The minimum absolute atomic E-state index is 0.139. The van der Waals surface area contributed by atoms with Crippen LogP contribution in [0.5, 0.6) is 0 Å². The first-order valence-electron chi connectivity index (χ1n) is 5.60.